The molecular weight excluding hydrogens is 297 g/mol. The van der Waals surface area contributed by atoms with Crippen LogP contribution in [0.5, 0.6) is 0 Å². The Bertz CT molecular complexity index is 712. The molecule has 0 radical (unpaired) electrons. The van der Waals surface area contributed by atoms with Gasteiger partial charge in [0.15, 0.2) is 0 Å². The van der Waals surface area contributed by atoms with E-state index in [1.54, 1.807) is 0 Å². The SMILES string of the molecule is CC(C)(c1ccccn1)[PH](C)(c1ccccc1)c1ccccc1. The molecule has 2 heteroatoms. The minimum atomic E-state index is -2.03. The number of aromatic nitrogens is 1. The maximum absolute atomic E-state index is 4.70. The average Bonchev–Trinajstić information content (AvgIpc) is 2.63. The van der Waals surface area contributed by atoms with Crippen LogP contribution in [-0.4, -0.2) is 11.6 Å². The van der Waals surface area contributed by atoms with E-state index in [4.69, 9.17) is 4.98 Å². The van der Waals surface area contributed by atoms with Crippen molar-refractivity contribution < 1.29 is 0 Å². The predicted molar refractivity (Wildman–Crippen MR) is 104 cm³/mol. The molecule has 1 nitrogen and oxygen atoms in total. The van der Waals surface area contributed by atoms with Crippen LogP contribution in [0, 0.1) is 0 Å². The van der Waals surface area contributed by atoms with Crippen LogP contribution in [-0.2, 0) is 5.16 Å². The number of hydrogen-bond donors (Lipinski definition) is 0. The van der Waals surface area contributed by atoms with Gasteiger partial charge in [-0.25, -0.2) is 0 Å². The monoisotopic (exact) mass is 321 g/mol. The molecule has 23 heavy (non-hydrogen) atoms. The first-order valence-corrected chi connectivity index (χ1v) is 10.6. The van der Waals surface area contributed by atoms with Crippen LogP contribution < -0.4 is 10.6 Å². The zero-order valence-electron chi connectivity index (χ0n) is 14.0. The molecule has 0 fully saturated rings. The van der Waals surface area contributed by atoms with Gasteiger partial charge in [-0.15, -0.1) is 0 Å². The molecule has 0 N–H and O–H groups in total. The zero-order chi connectivity index (χ0) is 16.3. The molecule has 0 saturated heterocycles. The van der Waals surface area contributed by atoms with Crippen molar-refractivity contribution >= 4 is 17.9 Å². The van der Waals surface area contributed by atoms with Crippen molar-refractivity contribution in [2.45, 2.75) is 19.0 Å². The van der Waals surface area contributed by atoms with Gasteiger partial charge in [-0.05, 0) is 0 Å². The molecule has 2 aromatic carbocycles. The van der Waals surface area contributed by atoms with Crippen LogP contribution in [0.25, 0.3) is 0 Å². The molecule has 3 aromatic rings. The quantitative estimate of drug-likeness (QED) is 0.651. The molecule has 0 aliphatic carbocycles. The molecule has 0 unspecified atom stereocenters. The summed E-state index contributed by atoms with van der Waals surface area (Å²) in [5, 5.41) is 2.88. The van der Waals surface area contributed by atoms with Gasteiger partial charge in [0, 0.05) is 0 Å². The summed E-state index contributed by atoms with van der Waals surface area (Å²) in [5.74, 6) is 0. The summed E-state index contributed by atoms with van der Waals surface area (Å²) in [6.45, 7) is 7.16. The minimum absolute atomic E-state index is 0.0169. The van der Waals surface area contributed by atoms with Crippen molar-refractivity contribution in [1.82, 2.24) is 4.98 Å². The van der Waals surface area contributed by atoms with E-state index in [9.17, 15) is 0 Å². The Kier molecular flexibility index (Phi) is 4.33. The molecule has 0 saturated carbocycles. The van der Waals surface area contributed by atoms with Crippen molar-refractivity contribution in [3.8, 4) is 0 Å². The zero-order valence-corrected chi connectivity index (χ0v) is 15.0. The second-order valence-electron chi connectivity index (χ2n) is 6.70. The molecule has 3 rings (SSSR count). The van der Waals surface area contributed by atoms with Crippen LogP contribution in [0.2, 0.25) is 0 Å². The topological polar surface area (TPSA) is 12.9 Å². The molecule has 0 atom stereocenters. The van der Waals surface area contributed by atoms with E-state index in [-0.39, 0.29) is 5.16 Å². The van der Waals surface area contributed by atoms with Gasteiger partial charge >= 0.3 is 139 Å². The molecule has 1 aromatic heterocycles. The van der Waals surface area contributed by atoms with Crippen LogP contribution in [0.15, 0.2) is 85.1 Å². The molecule has 1 heterocycles. The summed E-state index contributed by atoms with van der Waals surface area (Å²) in [6, 6.07) is 28.2. The van der Waals surface area contributed by atoms with Gasteiger partial charge in [0.05, 0.1) is 0 Å². The number of nitrogens with zero attached hydrogens (tertiary/aromatic N) is 1. The van der Waals surface area contributed by atoms with Gasteiger partial charge in [0.2, 0.25) is 0 Å². The third-order valence-corrected chi connectivity index (χ3v) is 11.0. The molecule has 0 aliphatic rings. The van der Waals surface area contributed by atoms with E-state index in [2.05, 4.69) is 93.3 Å². The average molecular weight is 321 g/mol. The molecule has 0 amide bonds. The van der Waals surface area contributed by atoms with Crippen molar-refractivity contribution in [2.24, 2.45) is 0 Å². The molecule has 118 valence electrons. The predicted octanol–water partition coefficient (Wildman–Crippen LogP) is 4.35. The molecule has 0 aliphatic heterocycles. The second-order valence-corrected chi connectivity index (χ2v) is 11.4. The number of benzene rings is 2. The summed E-state index contributed by atoms with van der Waals surface area (Å²) >= 11 is 0. The normalized spacial score (nSPS) is 12.8. The first-order chi connectivity index (χ1) is 11.1. The van der Waals surface area contributed by atoms with Gasteiger partial charge in [-0.1, -0.05) is 0 Å². The second kappa shape index (κ2) is 6.26. The van der Waals surface area contributed by atoms with E-state index < -0.39 is 7.26 Å². The Labute approximate surface area is 139 Å². The van der Waals surface area contributed by atoms with Crippen LogP contribution in [0.3, 0.4) is 0 Å². The van der Waals surface area contributed by atoms with Gasteiger partial charge in [0.1, 0.15) is 0 Å². The van der Waals surface area contributed by atoms with Gasteiger partial charge in [-0.3, -0.25) is 0 Å². The summed E-state index contributed by atoms with van der Waals surface area (Å²) in [7, 11) is -2.03. The molecule has 0 bridgehead atoms. The Hall–Kier alpha value is -1.98. The Morgan fingerprint density at radius 1 is 0.696 bits per heavy atom. The fourth-order valence-corrected chi connectivity index (χ4v) is 7.58. The van der Waals surface area contributed by atoms with Crippen molar-refractivity contribution in [3.63, 3.8) is 0 Å². The first-order valence-electron chi connectivity index (χ1n) is 8.09. The molecule has 0 spiro atoms. The standard InChI is InChI=1S/C21H24NP/c1-21(2,20-16-10-11-17-22-20)23(3,18-12-6-4-7-13-18)19-14-8-5-9-15-19/h4-17,23H,1-3H3. The summed E-state index contributed by atoms with van der Waals surface area (Å²) in [4.78, 5) is 4.70. The Balaban J connectivity index is 2.25. The third-order valence-electron chi connectivity index (χ3n) is 5.26. The fourth-order valence-electron chi connectivity index (χ4n) is 3.42. The van der Waals surface area contributed by atoms with Crippen LogP contribution >= 0.6 is 7.26 Å². The van der Waals surface area contributed by atoms with Crippen LogP contribution in [0.4, 0.5) is 0 Å². The first kappa shape index (κ1) is 15.9. The van der Waals surface area contributed by atoms with E-state index >= 15 is 0 Å². The van der Waals surface area contributed by atoms with E-state index in [0.717, 1.165) is 0 Å². The van der Waals surface area contributed by atoms with E-state index in [0.29, 0.717) is 0 Å². The fraction of sp³-hybridized carbons (Fsp3) is 0.190. The van der Waals surface area contributed by atoms with E-state index in [1.165, 1.54) is 16.3 Å². The summed E-state index contributed by atoms with van der Waals surface area (Å²) in [5.41, 5.74) is 1.17. The van der Waals surface area contributed by atoms with Gasteiger partial charge in [-0.2, -0.15) is 0 Å². The maximum atomic E-state index is 4.70. The molecular formula is C21H24NP. The number of rotatable bonds is 4. The van der Waals surface area contributed by atoms with Gasteiger partial charge < -0.3 is 0 Å². The van der Waals surface area contributed by atoms with Crippen molar-refractivity contribution in [1.29, 1.82) is 0 Å². The Morgan fingerprint density at radius 2 is 1.17 bits per heavy atom. The summed E-state index contributed by atoms with van der Waals surface area (Å²) in [6.07, 6.45) is 1.90. The van der Waals surface area contributed by atoms with Crippen molar-refractivity contribution in [3.05, 3.63) is 90.8 Å². The van der Waals surface area contributed by atoms with Crippen LogP contribution in [0.1, 0.15) is 19.5 Å². The van der Waals surface area contributed by atoms with Crippen molar-refractivity contribution in [2.75, 3.05) is 6.66 Å². The Morgan fingerprint density at radius 3 is 1.61 bits per heavy atom. The summed E-state index contributed by atoms with van der Waals surface area (Å²) < 4.78 is 0. The van der Waals surface area contributed by atoms with E-state index in [1.807, 2.05) is 12.3 Å². The number of pyridine rings is 1. The third kappa shape index (κ3) is 2.71. The van der Waals surface area contributed by atoms with Gasteiger partial charge in [0.25, 0.3) is 0 Å². The number of hydrogen-bond acceptors (Lipinski definition) is 1.